The van der Waals surface area contributed by atoms with Gasteiger partial charge in [-0.1, -0.05) is 42.2 Å². The standard InChI is InChI=1S/C21H28ClN3O4/c1-2-11-21(14-26)13-25(12-10-17(21)27)19(28)9-5-8-18-23-20(24-29-18)15-6-3-4-7-16(15)22/h3-4,6-7,17,26-27H,2,5,8-14H2,1H3/t17-,21-/m1/s1. The van der Waals surface area contributed by atoms with Crippen molar-refractivity contribution in [3.8, 4) is 11.4 Å². The molecule has 158 valence electrons. The van der Waals surface area contributed by atoms with Crippen LogP contribution in [0.25, 0.3) is 11.4 Å². The molecule has 0 radical (unpaired) electrons. The van der Waals surface area contributed by atoms with Crippen LogP contribution in [0.4, 0.5) is 0 Å². The van der Waals surface area contributed by atoms with Gasteiger partial charge in [-0.3, -0.25) is 4.79 Å². The molecule has 1 aliphatic rings. The third-order valence-electron chi connectivity index (χ3n) is 5.66. The Morgan fingerprint density at radius 3 is 2.93 bits per heavy atom. The number of likely N-dealkylation sites (tertiary alicyclic amines) is 1. The van der Waals surface area contributed by atoms with E-state index in [4.69, 9.17) is 16.1 Å². The van der Waals surface area contributed by atoms with E-state index >= 15 is 0 Å². The summed E-state index contributed by atoms with van der Waals surface area (Å²) in [4.78, 5) is 18.8. The molecule has 7 nitrogen and oxygen atoms in total. The number of carbonyl (C=O) groups excluding carboxylic acids is 1. The van der Waals surface area contributed by atoms with Crippen LogP contribution in [0.1, 0.15) is 44.9 Å². The molecule has 1 saturated heterocycles. The third kappa shape index (κ3) is 4.97. The lowest BCUT2D eigenvalue weighted by atomic mass is 9.74. The maximum atomic E-state index is 12.7. The summed E-state index contributed by atoms with van der Waals surface area (Å²) in [5.74, 6) is 0.934. The number of piperidine rings is 1. The second-order valence-corrected chi connectivity index (χ2v) is 8.14. The first-order valence-electron chi connectivity index (χ1n) is 10.1. The van der Waals surface area contributed by atoms with Gasteiger partial charge in [-0.15, -0.1) is 0 Å². The normalized spacial score (nSPS) is 22.1. The van der Waals surface area contributed by atoms with Gasteiger partial charge >= 0.3 is 0 Å². The minimum absolute atomic E-state index is 0.0247. The second-order valence-electron chi connectivity index (χ2n) is 7.74. The lowest BCUT2D eigenvalue weighted by Crippen LogP contribution is -2.55. The van der Waals surface area contributed by atoms with Crippen molar-refractivity contribution in [2.24, 2.45) is 5.41 Å². The summed E-state index contributed by atoms with van der Waals surface area (Å²) in [5.41, 5.74) is 0.0994. The van der Waals surface area contributed by atoms with Gasteiger partial charge in [-0.25, -0.2) is 0 Å². The molecule has 0 aliphatic carbocycles. The summed E-state index contributed by atoms with van der Waals surface area (Å²) < 4.78 is 5.29. The van der Waals surface area contributed by atoms with E-state index in [1.54, 1.807) is 11.0 Å². The number of hydrogen-bond donors (Lipinski definition) is 2. The van der Waals surface area contributed by atoms with Gasteiger partial charge in [0.1, 0.15) is 0 Å². The monoisotopic (exact) mass is 421 g/mol. The fourth-order valence-corrected chi connectivity index (χ4v) is 4.22. The van der Waals surface area contributed by atoms with E-state index in [0.29, 0.717) is 67.5 Å². The zero-order valence-electron chi connectivity index (χ0n) is 16.7. The highest BCUT2D eigenvalue weighted by atomic mass is 35.5. The van der Waals surface area contributed by atoms with E-state index < -0.39 is 11.5 Å². The molecule has 3 rings (SSSR count). The Morgan fingerprint density at radius 2 is 2.21 bits per heavy atom. The molecule has 0 unspecified atom stereocenters. The van der Waals surface area contributed by atoms with Crippen molar-refractivity contribution in [2.75, 3.05) is 19.7 Å². The van der Waals surface area contributed by atoms with Gasteiger partial charge in [0.05, 0.1) is 17.7 Å². The van der Waals surface area contributed by atoms with E-state index in [-0.39, 0.29) is 12.5 Å². The van der Waals surface area contributed by atoms with Crippen LogP contribution in [0.2, 0.25) is 5.02 Å². The molecule has 1 fully saturated rings. The van der Waals surface area contributed by atoms with Gasteiger partial charge in [0.2, 0.25) is 17.6 Å². The van der Waals surface area contributed by atoms with Crippen LogP contribution in [0.5, 0.6) is 0 Å². The third-order valence-corrected chi connectivity index (χ3v) is 5.99. The number of aryl methyl sites for hydroxylation is 1. The molecular weight excluding hydrogens is 394 g/mol. The number of nitrogens with zero attached hydrogens (tertiary/aromatic N) is 3. The van der Waals surface area contributed by atoms with Crippen molar-refractivity contribution in [2.45, 2.75) is 51.6 Å². The van der Waals surface area contributed by atoms with Gasteiger partial charge < -0.3 is 19.6 Å². The Kier molecular flexibility index (Phi) is 7.27. The van der Waals surface area contributed by atoms with Crippen LogP contribution in [-0.4, -0.2) is 57.0 Å². The van der Waals surface area contributed by atoms with Crippen LogP contribution < -0.4 is 0 Å². The summed E-state index contributed by atoms with van der Waals surface area (Å²) in [7, 11) is 0. The Balaban J connectivity index is 1.53. The predicted octanol–water partition coefficient (Wildman–Crippen LogP) is 3.08. The molecule has 1 amide bonds. The molecular formula is C21H28ClN3O4. The quantitative estimate of drug-likeness (QED) is 0.679. The van der Waals surface area contributed by atoms with Gasteiger partial charge in [-0.05, 0) is 31.4 Å². The van der Waals surface area contributed by atoms with E-state index in [1.165, 1.54) is 0 Å². The van der Waals surface area contributed by atoms with Crippen LogP contribution in [-0.2, 0) is 11.2 Å². The van der Waals surface area contributed by atoms with E-state index in [0.717, 1.165) is 6.42 Å². The Morgan fingerprint density at radius 1 is 1.41 bits per heavy atom. The Labute approximate surface area is 175 Å². The average molecular weight is 422 g/mol. The first kappa shape index (κ1) is 21.7. The summed E-state index contributed by atoms with van der Waals surface area (Å²) in [6.45, 7) is 2.82. The fourth-order valence-electron chi connectivity index (χ4n) is 4.00. The lowest BCUT2D eigenvalue weighted by Gasteiger charge is -2.45. The smallest absolute Gasteiger partial charge is 0.226 e. The molecule has 2 atom stereocenters. The van der Waals surface area contributed by atoms with E-state index in [2.05, 4.69) is 10.1 Å². The predicted molar refractivity (Wildman–Crippen MR) is 109 cm³/mol. The molecule has 2 aromatic rings. The molecule has 2 N–H and O–H groups in total. The van der Waals surface area contributed by atoms with Crippen molar-refractivity contribution >= 4 is 17.5 Å². The van der Waals surface area contributed by atoms with E-state index in [1.807, 2.05) is 25.1 Å². The summed E-state index contributed by atoms with van der Waals surface area (Å²) in [5, 5.41) is 24.7. The average Bonchev–Trinajstić information content (AvgIpc) is 3.18. The number of halogens is 1. The molecule has 1 aromatic carbocycles. The van der Waals surface area contributed by atoms with Crippen molar-refractivity contribution in [3.05, 3.63) is 35.2 Å². The first-order chi connectivity index (χ1) is 14.0. The van der Waals surface area contributed by atoms with Crippen molar-refractivity contribution in [3.63, 3.8) is 0 Å². The second kappa shape index (κ2) is 9.69. The number of aliphatic hydroxyl groups excluding tert-OH is 2. The molecule has 2 heterocycles. The van der Waals surface area contributed by atoms with Gasteiger partial charge in [0.25, 0.3) is 0 Å². The summed E-state index contributed by atoms with van der Waals surface area (Å²) >= 11 is 6.16. The topological polar surface area (TPSA) is 99.7 Å². The molecule has 1 aliphatic heterocycles. The minimum atomic E-state index is -0.612. The highest BCUT2D eigenvalue weighted by Crippen LogP contribution is 2.35. The largest absolute Gasteiger partial charge is 0.396 e. The molecule has 1 aromatic heterocycles. The first-order valence-corrected chi connectivity index (χ1v) is 10.5. The minimum Gasteiger partial charge on any atom is -0.396 e. The maximum Gasteiger partial charge on any atom is 0.226 e. The van der Waals surface area contributed by atoms with Gasteiger partial charge in [0, 0.05) is 36.9 Å². The lowest BCUT2D eigenvalue weighted by molar-refractivity contribution is -0.142. The van der Waals surface area contributed by atoms with Crippen molar-refractivity contribution in [1.82, 2.24) is 15.0 Å². The van der Waals surface area contributed by atoms with Crippen molar-refractivity contribution in [1.29, 1.82) is 0 Å². The highest BCUT2D eigenvalue weighted by Gasteiger charge is 2.42. The zero-order chi connectivity index (χ0) is 20.9. The molecule has 29 heavy (non-hydrogen) atoms. The van der Waals surface area contributed by atoms with Crippen LogP contribution in [0, 0.1) is 5.41 Å². The Hall–Kier alpha value is -1.96. The summed E-state index contributed by atoms with van der Waals surface area (Å²) in [6.07, 6.45) is 2.91. The number of aliphatic hydroxyl groups is 2. The van der Waals surface area contributed by atoms with Gasteiger partial charge in [-0.2, -0.15) is 4.98 Å². The highest BCUT2D eigenvalue weighted by molar-refractivity contribution is 6.33. The van der Waals surface area contributed by atoms with Crippen molar-refractivity contribution < 1.29 is 19.5 Å². The number of carbonyl (C=O) groups is 1. The fraction of sp³-hybridized carbons (Fsp3) is 0.571. The molecule has 0 saturated carbocycles. The SMILES string of the molecule is CCC[C@]1(CO)CN(C(=O)CCCc2nc(-c3ccccc3Cl)no2)CC[C@H]1O. The molecule has 0 bridgehead atoms. The number of amides is 1. The van der Waals surface area contributed by atoms with Crippen LogP contribution in [0.3, 0.4) is 0 Å². The number of aromatic nitrogens is 2. The maximum absolute atomic E-state index is 12.7. The Bertz CT molecular complexity index is 828. The molecule has 0 spiro atoms. The molecule has 8 heteroatoms. The zero-order valence-corrected chi connectivity index (χ0v) is 17.4. The number of rotatable bonds is 8. The number of hydrogen-bond acceptors (Lipinski definition) is 6. The number of benzene rings is 1. The van der Waals surface area contributed by atoms with Crippen LogP contribution >= 0.6 is 11.6 Å². The van der Waals surface area contributed by atoms with Crippen LogP contribution in [0.15, 0.2) is 28.8 Å². The van der Waals surface area contributed by atoms with Gasteiger partial charge in [0.15, 0.2) is 0 Å². The van der Waals surface area contributed by atoms with E-state index in [9.17, 15) is 15.0 Å². The summed E-state index contributed by atoms with van der Waals surface area (Å²) in [6, 6.07) is 7.29.